The van der Waals surface area contributed by atoms with Gasteiger partial charge in [0.2, 0.25) is 5.91 Å². The van der Waals surface area contributed by atoms with Gasteiger partial charge in [0.25, 0.3) is 10.0 Å². The Labute approximate surface area is 212 Å². The highest BCUT2D eigenvalue weighted by Gasteiger charge is 2.18. The highest BCUT2D eigenvalue weighted by Crippen LogP contribution is 2.34. The van der Waals surface area contributed by atoms with E-state index in [0.29, 0.717) is 27.2 Å². The van der Waals surface area contributed by atoms with E-state index < -0.39 is 15.3 Å². The maximum atomic E-state index is 12.7. The summed E-state index contributed by atoms with van der Waals surface area (Å²) in [5.74, 6) is 0.944. The molecule has 0 saturated heterocycles. The first-order chi connectivity index (χ1) is 16.1. The van der Waals surface area contributed by atoms with Gasteiger partial charge >= 0.3 is 0 Å². The number of carbonyl (C=O) groups is 1. The van der Waals surface area contributed by atoms with Gasteiger partial charge in [0.05, 0.1) is 30.1 Å². The van der Waals surface area contributed by atoms with Crippen LogP contribution >= 0.6 is 35.0 Å². The van der Waals surface area contributed by atoms with E-state index in [2.05, 4.69) is 10.0 Å². The van der Waals surface area contributed by atoms with Crippen LogP contribution in [0, 0.1) is 0 Å². The van der Waals surface area contributed by atoms with Crippen LogP contribution in [0.2, 0.25) is 10.0 Å². The lowest BCUT2D eigenvalue weighted by atomic mass is 10.3. The zero-order valence-electron chi connectivity index (χ0n) is 18.5. The van der Waals surface area contributed by atoms with E-state index in [-0.39, 0.29) is 16.5 Å². The molecule has 1 amide bonds. The molecule has 1 atom stereocenters. The van der Waals surface area contributed by atoms with Gasteiger partial charge in [0, 0.05) is 20.6 Å². The van der Waals surface area contributed by atoms with Crippen LogP contribution in [0.15, 0.2) is 70.5 Å². The Morgan fingerprint density at radius 1 is 0.882 bits per heavy atom. The number of thioether (sulfide) groups is 1. The fourth-order valence-corrected chi connectivity index (χ4v) is 5.40. The molecule has 0 radical (unpaired) electrons. The number of halogens is 2. The molecule has 0 bridgehead atoms. The molecule has 0 heterocycles. The maximum absolute atomic E-state index is 12.7. The number of benzene rings is 3. The van der Waals surface area contributed by atoms with E-state index in [9.17, 15) is 13.2 Å². The van der Waals surface area contributed by atoms with Crippen molar-refractivity contribution in [3.63, 3.8) is 0 Å². The summed E-state index contributed by atoms with van der Waals surface area (Å²) in [5.41, 5.74) is 0.713. The molecule has 3 aromatic carbocycles. The maximum Gasteiger partial charge on any atom is 0.261 e. The second-order valence-corrected chi connectivity index (χ2v) is 11.0. The van der Waals surface area contributed by atoms with Crippen LogP contribution in [-0.2, 0) is 14.8 Å². The fourth-order valence-electron chi connectivity index (χ4n) is 2.94. The lowest BCUT2D eigenvalue weighted by Gasteiger charge is -2.14. The zero-order chi connectivity index (χ0) is 24.9. The average molecular weight is 541 g/mol. The molecule has 0 aromatic heterocycles. The van der Waals surface area contributed by atoms with Gasteiger partial charge < -0.3 is 14.8 Å². The Balaban J connectivity index is 1.64. The summed E-state index contributed by atoms with van der Waals surface area (Å²) in [7, 11) is -0.764. The Morgan fingerprint density at radius 2 is 1.50 bits per heavy atom. The van der Waals surface area contributed by atoms with Gasteiger partial charge in [-0.2, -0.15) is 0 Å². The molecule has 3 aromatic rings. The molecule has 11 heteroatoms. The number of sulfonamides is 1. The first-order valence-corrected chi connectivity index (χ1v) is 13.0. The van der Waals surface area contributed by atoms with Crippen molar-refractivity contribution < 1.29 is 22.7 Å². The van der Waals surface area contributed by atoms with Crippen LogP contribution in [0.1, 0.15) is 6.92 Å². The van der Waals surface area contributed by atoms with E-state index in [1.807, 2.05) is 6.07 Å². The van der Waals surface area contributed by atoms with Crippen LogP contribution in [0.3, 0.4) is 0 Å². The third kappa shape index (κ3) is 6.73. The van der Waals surface area contributed by atoms with Gasteiger partial charge in [-0.25, -0.2) is 8.42 Å². The lowest BCUT2D eigenvalue weighted by Crippen LogP contribution is -2.22. The third-order valence-electron chi connectivity index (χ3n) is 4.58. The van der Waals surface area contributed by atoms with Gasteiger partial charge in [-0.15, -0.1) is 11.8 Å². The summed E-state index contributed by atoms with van der Waals surface area (Å²) in [6.07, 6.45) is 0. The van der Waals surface area contributed by atoms with Crippen LogP contribution in [0.25, 0.3) is 0 Å². The largest absolute Gasteiger partial charge is 0.493 e. The number of methoxy groups -OCH3 is 2. The van der Waals surface area contributed by atoms with Crippen LogP contribution in [0.4, 0.5) is 11.4 Å². The molecule has 0 aliphatic heterocycles. The monoisotopic (exact) mass is 540 g/mol. The Morgan fingerprint density at radius 3 is 2.09 bits per heavy atom. The van der Waals surface area contributed by atoms with Gasteiger partial charge in [-0.1, -0.05) is 23.2 Å². The Bertz CT molecular complexity index is 1260. The highest BCUT2D eigenvalue weighted by atomic mass is 35.5. The standard InChI is InChI=1S/C23H22Cl2N2O5S2/c1-14(33-19-6-9-21(31-2)22(13-19)32-3)23(28)26-17-4-7-20(8-5-17)34(29,30)27-18-11-15(24)10-16(25)12-18/h4-14,27H,1-3H3,(H,26,28). The average Bonchev–Trinajstić information content (AvgIpc) is 2.78. The van der Waals surface area contributed by atoms with Gasteiger partial charge in [0.15, 0.2) is 11.5 Å². The van der Waals surface area contributed by atoms with Crippen LogP contribution in [-0.4, -0.2) is 33.8 Å². The minimum absolute atomic E-state index is 0.0225. The number of rotatable bonds is 9. The second kappa shape index (κ2) is 11.2. The quantitative estimate of drug-likeness (QED) is 0.326. The number of hydrogen-bond donors (Lipinski definition) is 2. The summed E-state index contributed by atoms with van der Waals surface area (Å²) in [4.78, 5) is 13.5. The molecule has 34 heavy (non-hydrogen) atoms. The molecule has 0 fully saturated rings. The number of carbonyl (C=O) groups excluding carboxylic acids is 1. The minimum atomic E-state index is -3.87. The molecule has 180 valence electrons. The van der Waals surface area contributed by atoms with Crippen molar-refractivity contribution in [1.29, 1.82) is 0 Å². The summed E-state index contributed by atoms with van der Waals surface area (Å²) >= 11 is 13.2. The second-order valence-electron chi connectivity index (χ2n) is 7.05. The third-order valence-corrected chi connectivity index (χ3v) is 7.51. The SMILES string of the molecule is COc1ccc(SC(C)C(=O)Nc2ccc(S(=O)(=O)Nc3cc(Cl)cc(Cl)c3)cc2)cc1OC. The van der Waals surface area contributed by atoms with Gasteiger partial charge in [-0.05, 0) is 67.6 Å². The first kappa shape index (κ1) is 26.0. The van der Waals surface area contributed by atoms with Crippen molar-refractivity contribution in [2.45, 2.75) is 22.0 Å². The molecule has 3 rings (SSSR count). The normalized spacial score (nSPS) is 12.0. The zero-order valence-corrected chi connectivity index (χ0v) is 21.6. The predicted molar refractivity (Wildman–Crippen MR) is 137 cm³/mol. The van der Waals surface area contributed by atoms with Crippen molar-refractivity contribution in [3.8, 4) is 11.5 Å². The summed E-state index contributed by atoms with van der Waals surface area (Å²) in [6.45, 7) is 1.77. The molecule has 0 spiro atoms. The van der Waals surface area contributed by atoms with Crippen LogP contribution in [0.5, 0.6) is 11.5 Å². The molecule has 1 unspecified atom stereocenters. The van der Waals surface area contributed by atoms with Crippen molar-refractivity contribution in [3.05, 3.63) is 70.7 Å². The van der Waals surface area contributed by atoms with Crippen molar-refractivity contribution in [2.75, 3.05) is 24.3 Å². The van der Waals surface area contributed by atoms with E-state index in [0.717, 1.165) is 4.90 Å². The van der Waals surface area contributed by atoms with E-state index in [1.165, 1.54) is 54.2 Å². The minimum Gasteiger partial charge on any atom is -0.493 e. The fraction of sp³-hybridized carbons (Fsp3) is 0.174. The van der Waals surface area contributed by atoms with Crippen molar-refractivity contribution in [2.24, 2.45) is 0 Å². The Hall–Kier alpha value is -2.59. The number of hydrogen-bond acceptors (Lipinski definition) is 6. The summed E-state index contributed by atoms with van der Waals surface area (Å²) in [6, 6.07) is 15.7. The molecule has 7 nitrogen and oxygen atoms in total. The Kier molecular flexibility index (Phi) is 8.59. The first-order valence-electron chi connectivity index (χ1n) is 9.90. The highest BCUT2D eigenvalue weighted by molar-refractivity contribution is 8.00. The van der Waals surface area contributed by atoms with Crippen molar-refractivity contribution in [1.82, 2.24) is 0 Å². The number of anilines is 2. The number of ether oxygens (including phenoxy) is 2. The molecular formula is C23H22Cl2N2O5S2. The lowest BCUT2D eigenvalue weighted by molar-refractivity contribution is -0.115. The smallest absolute Gasteiger partial charge is 0.261 e. The number of amides is 1. The van der Waals surface area contributed by atoms with Gasteiger partial charge in [-0.3, -0.25) is 9.52 Å². The van der Waals surface area contributed by atoms with E-state index in [1.54, 1.807) is 33.3 Å². The summed E-state index contributed by atoms with van der Waals surface area (Å²) in [5, 5.41) is 2.99. The molecular weight excluding hydrogens is 519 g/mol. The molecule has 0 saturated carbocycles. The molecule has 0 aliphatic carbocycles. The van der Waals surface area contributed by atoms with Gasteiger partial charge in [0.1, 0.15) is 0 Å². The van der Waals surface area contributed by atoms with E-state index in [4.69, 9.17) is 32.7 Å². The van der Waals surface area contributed by atoms with E-state index >= 15 is 0 Å². The summed E-state index contributed by atoms with van der Waals surface area (Å²) < 4.78 is 38.3. The topological polar surface area (TPSA) is 93.7 Å². The predicted octanol–water partition coefficient (Wildman–Crippen LogP) is 5.93. The van der Waals surface area contributed by atoms with Crippen LogP contribution < -0.4 is 19.5 Å². The number of nitrogens with one attached hydrogen (secondary N) is 2. The molecule has 2 N–H and O–H groups in total. The molecule has 0 aliphatic rings. The van der Waals surface area contributed by atoms with Crippen molar-refractivity contribution >= 4 is 62.3 Å².